The zero-order valence-corrected chi connectivity index (χ0v) is 12.8. The third-order valence-electron chi connectivity index (χ3n) is 3.29. The Morgan fingerprint density at radius 3 is 2.50 bits per heavy atom. The Bertz CT molecular complexity index is 430. The summed E-state index contributed by atoms with van der Waals surface area (Å²) in [6.07, 6.45) is 1.13. The van der Waals surface area contributed by atoms with E-state index in [1.165, 1.54) is 5.56 Å². The molecule has 1 rings (SSSR count). The topological polar surface area (TPSA) is 58.6 Å². The molecular weight excluding hydrogens is 254 g/mol. The highest BCUT2D eigenvalue weighted by Gasteiger charge is 2.34. The van der Waals surface area contributed by atoms with Gasteiger partial charge in [0, 0.05) is 6.42 Å². The number of ether oxygens (including phenoxy) is 1. The van der Waals surface area contributed by atoms with E-state index >= 15 is 0 Å². The molecule has 0 fully saturated rings. The van der Waals surface area contributed by atoms with Crippen molar-refractivity contribution in [2.24, 2.45) is 0 Å². The van der Waals surface area contributed by atoms with Crippen LogP contribution in [0.3, 0.4) is 0 Å². The van der Waals surface area contributed by atoms with Crippen LogP contribution in [0.4, 0.5) is 0 Å². The molecular formula is C16H25NO3. The third kappa shape index (κ3) is 4.85. The van der Waals surface area contributed by atoms with Crippen molar-refractivity contribution in [2.45, 2.75) is 52.2 Å². The number of hydrogen-bond acceptors (Lipinski definition) is 3. The molecule has 0 spiro atoms. The molecule has 2 unspecified atom stereocenters. The summed E-state index contributed by atoms with van der Waals surface area (Å²) < 4.78 is 5.79. The molecule has 2 atom stereocenters. The molecule has 0 heterocycles. The summed E-state index contributed by atoms with van der Waals surface area (Å²) >= 11 is 0. The van der Waals surface area contributed by atoms with E-state index in [1.54, 1.807) is 6.92 Å². The lowest BCUT2D eigenvalue weighted by Crippen LogP contribution is -2.52. The van der Waals surface area contributed by atoms with E-state index in [1.807, 2.05) is 45.0 Å². The van der Waals surface area contributed by atoms with Crippen molar-refractivity contribution in [3.63, 3.8) is 0 Å². The Balaban J connectivity index is 2.64. The number of nitrogens with one attached hydrogen (secondary N) is 1. The normalized spacial score (nSPS) is 15.4. The van der Waals surface area contributed by atoms with E-state index in [0.717, 1.165) is 12.2 Å². The van der Waals surface area contributed by atoms with E-state index in [-0.39, 0.29) is 6.10 Å². The summed E-state index contributed by atoms with van der Waals surface area (Å²) in [4.78, 5) is 11.4. The first-order valence-electron chi connectivity index (χ1n) is 7.09. The Morgan fingerprint density at radius 1 is 1.40 bits per heavy atom. The van der Waals surface area contributed by atoms with Gasteiger partial charge < -0.3 is 15.2 Å². The average Bonchev–Trinajstić information content (AvgIpc) is 2.39. The van der Waals surface area contributed by atoms with Crippen LogP contribution >= 0.6 is 0 Å². The number of aryl methyl sites for hydroxylation is 1. The van der Waals surface area contributed by atoms with Gasteiger partial charge in [-0.15, -0.1) is 0 Å². The number of rotatable bonds is 8. The number of carboxylic acids is 1. The maximum Gasteiger partial charge on any atom is 0.323 e. The molecule has 0 radical (unpaired) electrons. The van der Waals surface area contributed by atoms with Gasteiger partial charge in [-0.2, -0.15) is 0 Å². The Hall–Kier alpha value is -1.55. The number of benzene rings is 1. The molecule has 0 saturated heterocycles. The van der Waals surface area contributed by atoms with Crippen molar-refractivity contribution < 1.29 is 14.6 Å². The summed E-state index contributed by atoms with van der Waals surface area (Å²) in [5, 5.41) is 12.5. The highest BCUT2D eigenvalue weighted by molar-refractivity contribution is 5.78. The second-order valence-corrected chi connectivity index (χ2v) is 5.51. The first kappa shape index (κ1) is 16.5. The van der Waals surface area contributed by atoms with E-state index in [4.69, 9.17) is 4.74 Å². The van der Waals surface area contributed by atoms with Crippen LogP contribution in [0.5, 0.6) is 5.75 Å². The van der Waals surface area contributed by atoms with E-state index < -0.39 is 11.5 Å². The number of carboxylic acid groups (broad SMARTS) is 1. The lowest BCUT2D eigenvalue weighted by Gasteiger charge is -2.29. The fourth-order valence-corrected chi connectivity index (χ4v) is 2.10. The van der Waals surface area contributed by atoms with Crippen molar-refractivity contribution in [2.75, 3.05) is 6.54 Å². The van der Waals surface area contributed by atoms with Gasteiger partial charge in [0.05, 0.1) is 6.10 Å². The van der Waals surface area contributed by atoms with Gasteiger partial charge in [0.1, 0.15) is 11.3 Å². The molecule has 0 bridgehead atoms. The maximum atomic E-state index is 11.4. The van der Waals surface area contributed by atoms with Crippen molar-refractivity contribution in [1.29, 1.82) is 0 Å². The summed E-state index contributed by atoms with van der Waals surface area (Å²) in [6, 6.07) is 7.77. The molecule has 0 amide bonds. The zero-order valence-electron chi connectivity index (χ0n) is 12.8. The lowest BCUT2D eigenvalue weighted by molar-refractivity contribution is -0.145. The van der Waals surface area contributed by atoms with Crippen molar-refractivity contribution in [3.05, 3.63) is 29.8 Å². The summed E-state index contributed by atoms with van der Waals surface area (Å²) in [6.45, 7) is 8.32. The minimum atomic E-state index is -0.958. The van der Waals surface area contributed by atoms with Crippen LogP contribution in [0.2, 0.25) is 0 Å². The van der Waals surface area contributed by atoms with Gasteiger partial charge in [-0.25, -0.2) is 0 Å². The number of aliphatic carboxylic acids is 1. The second kappa shape index (κ2) is 7.29. The smallest absolute Gasteiger partial charge is 0.323 e. The molecule has 0 aliphatic carbocycles. The zero-order chi connectivity index (χ0) is 15.2. The lowest BCUT2D eigenvalue weighted by atomic mass is 9.94. The van der Waals surface area contributed by atoms with Crippen molar-refractivity contribution in [1.82, 2.24) is 5.32 Å². The summed E-state index contributed by atoms with van der Waals surface area (Å²) in [5.41, 5.74) is 0.213. The maximum absolute atomic E-state index is 11.4. The predicted molar refractivity (Wildman–Crippen MR) is 80.2 cm³/mol. The van der Waals surface area contributed by atoms with Gasteiger partial charge in [-0.3, -0.25) is 4.79 Å². The van der Waals surface area contributed by atoms with Gasteiger partial charge in [0.25, 0.3) is 0 Å². The Labute approximate surface area is 121 Å². The van der Waals surface area contributed by atoms with Crippen molar-refractivity contribution >= 4 is 5.97 Å². The molecule has 2 N–H and O–H groups in total. The molecule has 4 nitrogen and oxygen atoms in total. The standard InChI is InChI=1S/C16H25NO3/c1-5-10-17-16(4,15(18)19)11-13(3)20-14-8-6-12(2)7-9-14/h6-9,13,17H,5,10-11H2,1-4H3,(H,18,19). The SMILES string of the molecule is CCCNC(C)(CC(C)Oc1ccc(C)cc1)C(=O)O. The molecule has 1 aromatic carbocycles. The first-order chi connectivity index (χ1) is 9.37. The highest BCUT2D eigenvalue weighted by Crippen LogP contribution is 2.19. The van der Waals surface area contributed by atoms with Gasteiger partial charge in [-0.05, 0) is 45.9 Å². The van der Waals surface area contributed by atoms with Crippen LogP contribution in [0.1, 0.15) is 39.2 Å². The van der Waals surface area contributed by atoms with Gasteiger partial charge in [0.15, 0.2) is 0 Å². The molecule has 1 aromatic rings. The van der Waals surface area contributed by atoms with Crippen molar-refractivity contribution in [3.8, 4) is 5.75 Å². The molecule has 0 aromatic heterocycles. The van der Waals surface area contributed by atoms with Gasteiger partial charge >= 0.3 is 5.97 Å². The Morgan fingerprint density at radius 2 is 2.00 bits per heavy atom. The molecule has 0 aliphatic heterocycles. The monoisotopic (exact) mass is 279 g/mol. The quantitative estimate of drug-likeness (QED) is 0.768. The molecule has 20 heavy (non-hydrogen) atoms. The summed E-state index contributed by atoms with van der Waals surface area (Å²) in [5.74, 6) is -0.0726. The largest absolute Gasteiger partial charge is 0.491 e. The molecule has 0 saturated carbocycles. The van der Waals surface area contributed by atoms with Crippen LogP contribution in [-0.4, -0.2) is 29.3 Å². The fraction of sp³-hybridized carbons (Fsp3) is 0.562. The number of carbonyl (C=O) groups is 1. The fourth-order valence-electron chi connectivity index (χ4n) is 2.10. The van der Waals surface area contributed by atoms with Crippen LogP contribution < -0.4 is 10.1 Å². The van der Waals surface area contributed by atoms with Gasteiger partial charge in [-0.1, -0.05) is 24.6 Å². The van der Waals surface area contributed by atoms with E-state index in [2.05, 4.69) is 5.32 Å². The average molecular weight is 279 g/mol. The predicted octanol–water partition coefficient (Wildman–Crippen LogP) is 3.00. The molecule has 0 aliphatic rings. The van der Waals surface area contributed by atoms with Gasteiger partial charge in [0.2, 0.25) is 0 Å². The first-order valence-corrected chi connectivity index (χ1v) is 7.09. The Kier molecular flexibility index (Phi) is 6.02. The number of hydrogen-bond donors (Lipinski definition) is 2. The molecule has 112 valence electrons. The van der Waals surface area contributed by atoms with Crippen LogP contribution in [0, 0.1) is 6.92 Å². The summed E-state index contributed by atoms with van der Waals surface area (Å²) in [7, 11) is 0. The second-order valence-electron chi connectivity index (χ2n) is 5.51. The third-order valence-corrected chi connectivity index (χ3v) is 3.29. The highest BCUT2D eigenvalue weighted by atomic mass is 16.5. The molecule has 4 heteroatoms. The minimum Gasteiger partial charge on any atom is -0.491 e. The van der Waals surface area contributed by atoms with Crippen LogP contribution in [-0.2, 0) is 4.79 Å². The van der Waals surface area contributed by atoms with Crippen LogP contribution in [0.25, 0.3) is 0 Å². The van der Waals surface area contributed by atoms with E-state index in [0.29, 0.717) is 13.0 Å². The van der Waals surface area contributed by atoms with E-state index in [9.17, 15) is 9.90 Å². The minimum absolute atomic E-state index is 0.178. The van der Waals surface area contributed by atoms with Crippen LogP contribution in [0.15, 0.2) is 24.3 Å².